The van der Waals surface area contributed by atoms with Gasteiger partial charge in [0.05, 0.1) is 15.5 Å². The van der Waals surface area contributed by atoms with Crippen LogP contribution in [-0.4, -0.2) is 37.4 Å². The van der Waals surface area contributed by atoms with Crippen LogP contribution in [0.15, 0.2) is 53.4 Å². The van der Waals surface area contributed by atoms with E-state index < -0.39 is 14.9 Å². The van der Waals surface area contributed by atoms with Crippen LogP contribution in [0, 0.1) is 10.1 Å². The molecule has 0 unspecified atom stereocenters. The van der Waals surface area contributed by atoms with Crippen LogP contribution in [0.4, 0.5) is 21.9 Å². The van der Waals surface area contributed by atoms with Gasteiger partial charge in [0, 0.05) is 30.9 Å². The maximum Gasteiger partial charge on any atom is 0.321 e. The van der Waals surface area contributed by atoms with Gasteiger partial charge in [-0.25, -0.2) is 13.2 Å². The molecule has 1 aliphatic heterocycles. The molecule has 10 heteroatoms. The van der Waals surface area contributed by atoms with Gasteiger partial charge in [-0.05, 0) is 43.2 Å². The Labute approximate surface area is 156 Å². The molecule has 0 aliphatic carbocycles. The number of benzene rings is 2. The van der Waals surface area contributed by atoms with Gasteiger partial charge in [0.1, 0.15) is 0 Å². The van der Waals surface area contributed by atoms with E-state index in [1.165, 1.54) is 42.5 Å². The highest BCUT2D eigenvalue weighted by atomic mass is 32.2. The monoisotopic (exact) mass is 390 g/mol. The van der Waals surface area contributed by atoms with Crippen LogP contribution < -0.4 is 10.0 Å². The molecule has 0 radical (unpaired) electrons. The first kappa shape index (κ1) is 18.6. The van der Waals surface area contributed by atoms with Crippen LogP contribution in [-0.2, 0) is 10.0 Å². The van der Waals surface area contributed by atoms with Gasteiger partial charge in [0.25, 0.3) is 15.7 Å². The number of urea groups is 1. The van der Waals surface area contributed by atoms with E-state index in [0.29, 0.717) is 18.8 Å². The summed E-state index contributed by atoms with van der Waals surface area (Å²) in [6.07, 6.45) is 1.96. The summed E-state index contributed by atoms with van der Waals surface area (Å²) >= 11 is 0. The minimum Gasteiger partial charge on any atom is -0.325 e. The molecular weight excluding hydrogens is 372 g/mol. The number of carbonyl (C=O) groups is 1. The zero-order valence-electron chi connectivity index (χ0n) is 14.3. The number of nitrogens with zero attached hydrogens (tertiary/aromatic N) is 2. The SMILES string of the molecule is O=C(Nc1ccc(S(=O)(=O)Nc2cccc([N+](=O)[O-])c2)cc1)N1CCCC1. The van der Waals surface area contributed by atoms with Gasteiger partial charge in [-0.2, -0.15) is 0 Å². The number of hydrogen-bond donors (Lipinski definition) is 2. The first-order chi connectivity index (χ1) is 12.8. The third-order valence-electron chi connectivity index (χ3n) is 4.12. The molecule has 9 nitrogen and oxygen atoms in total. The molecular formula is C17H18N4O5S. The van der Waals surface area contributed by atoms with Gasteiger partial charge in [-0.1, -0.05) is 6.07 Å². The average molecular weight is 390 g/mol. The number of non-ortho nitro benzene ring substituents is 1. The van der Waals surface area contributed by atoms with Gasteiger partial charge in [0.15, 0.2) is 0 Å². The van der Waals surface area contributed by atoms with Crippen molar-refractivity contribution >= 4 is 33.1 Å². The number of anilines is 2. The van der Waals surface area contributed by atoms with Crippen molar-refractivity contribution in [1.29, 1.82) is 0 Å². The van der Waals surface area contributed by atoms with E-state index >= 15 is 0 Å². The zero-order chi connectivity index (χ0) is 19.4. The topological polar surface area (TPSA) is 122 Å². The smallest absolute Gasteiger partial charge is 0.321 e. The van der Waals surface area contributed by atoms with Gasteiger partial charge < -0.3 is 10.2 Å². The highest BCUT2D eigenvalue weighted by Gasteiger charge is 2.19. The molecule has 3 rings (SSSR count). The Kier molecular flexibility index (Phi) is 5.26. The molecule has 1 fully saturated rings. The van der Waals surface area contributed by atoms with Crippen molar-refractivity contribution < 1.29 is 18.1 Å². The Morgan fingerprint density at radius 1 is 1.04 bits per heavy atom. The quantitative estimate of drug-likeness (QED) is 0.600. The Hall–Kier alpha value is -3.14. The summed E-state index contributed by atoms with van der Waals surface area (Å²) in [6, 6.07) is 10.7. The van der Waals surface area contributed by atoms with Crippen molar-refractivity contribution in [3.05, 3.63) is 58.6 Å². The fourth-order valence-electron chi connectivity index (χ4n) is 2.74. The minimum absolute atomic E-state index is 0.0202. The molecule has 0 saturated carbocycles. The standard InChI is InChI=1S/C17H18N4O5S/c22-17(20-10-1-2-11-20)18-13-6-8-16(9-7-13)27(25,26)19-14-4-3-5-15(12-14)21(23)24/h3-9,12,19H,1-2,10-11H2,(H,18,22). The van der Waals surface area contributed by atoms with Crippen molar-refractivity contribution in [1.82, 2.24) is 4.90 Å². The van der Waals surface area contributed by atoms with Gasteiger partial charge in [-0.15, -0.1) is 0 Å². The van der Waals surface area contributed by atoms with Gasteiger partial charge >= 0.3 is 6.03 Å². The second-order valence-electron chi connectivity index (χ2n) is 6.06. The average Bonchev–Trinajstić information content (AvgIpc) is 3.17. The summed E-state index contributed by atoms with van der Waals surface area (Å²) in [5.41, 5.74) is 0.368. The highest BCUT2D eigenvalue weighted by Crippen LogP contribution is 2.22. The fourth-order valence-corrected chi connectivity index (χ4v) is 3.79. The molecule has 1 heterocycles. The lowest BCUT2D eigenvalue weighted by atomic mass is 10.3. The van der Waals surface area contributed by atoms with Gasteiger partial charge in [0.2, 0.25) is 0 Å². The summed E-state index contributed by atoms with van der Waals surface area (Å²) < 4.78 is 27.2. The Balaban J connectivity index is 1.70. The molecule has 0 atom stereocenters. The summed E-state index contributed by atoms with van der Waals surface area (Å²) in [5.74, 6) is 0. The van der Waals surface area contributed by atoms with E-state index in [2.05, 4.69) is 10.0 Å². The molecule has 0 bridgehead atoms. The lowest BCUT2D eigenvalue weighted by Gasteiger charge is -2.16. The summed E-state index contributed by atoms with van der Waals surface area (Å²) in [6.45, 7) is 1.43. The second kappa shape index (κ2) is 7.62. The van der Waals surface area contributed by atoms with Crippen LogP contribution >= 0.6 is 0 Å². The first-order valence-electron chi connectivity index (χ1n) is 8.28. The summed E-state index contributed by atoms with van der Waals surface area (Å²) in [5, 5.41) is 13.5. The number of rotatable bonds is 5. The predicted molar refractivity (Wildman–Crippen MR) is 100 cm³/mol. The molecule has 2 amide bonds. The normalized spacial score (nSPS) is 14.0. The van der Waals surface area contributed by atoms with Crippen molar-refractivity contribution in [2.45, 2.75) is 17.7 Å². The molecule has 2 aromatic carbocycles. The molecule has 1 aliphatic rings. The number of sulfonamides is 1. The van der Waals surface area contributed by atoms with E-state index in [0.717, 1.165) is 18.9 Å². The molecule has 142 valence electrons. The van der Waals surface area contributed by atoms with Crippen molar-refractivity contribution in [3.63, 3.8) is 0 Å². The molecule has 27 heavy (non-hydrogen) atoms. The van der Waals surface area contributed by atoms with Crippen LogP contribution in [0.1, 0.15) is 12.8 Å². The molecule has 2 N–H and O–H groups in total. The predicted octanol–water partition coefficient (Wildman–Crippen LogP) is 3.02. The van der Waals surface area contributed by atoms with E-state index in [1.54, 1.807) is 4.90 Å². The minimum atomic E-state index is -3.91. The van der Waals surface area contributed by atoms with Gasteiger partial charge in [-0.3, -0.25) is 14.8 Å². The lowest BCUT2D eigenvalue weighted by molar-refractivity contribution is -0.384. The van der Waals surface area contributed by atoms with E-state index in [4.69, 9.17) is 0 Å². The number of nitro benzene ring substituents is 1. The summed E-state index contributed by atoms with van der Waals surface area (Å²) in [4.78, 5) is 23.9. The Morgan fingerprint density at radius 2 is 1.70 bits per heavy atom. The van der Waals surface area contributed by atoms with E-state index in [9.17, 15) is 23.3 Å². The molecule has 2 aromatic rings. The van der Waals surface area contributed by atoms with Crippen molar-refractivity contribution in [3.8, 4) is 0 Å². The number of nitrogens with one attached hydrogen (secondary N) is 2. The number of carbonyl (C=O) groups excluding carboxylic acids is 1. The largest absolute Gasteiger partial charge is 0.325 e. The molecule has 1 saturated heterocycles. The fraction of sp³-hybridized carbons (Fsp3) is 0.235. The first-order valence-corrected chi connectivity index (χ1v) is 9.77. The number of likely N-dealkylation sites (tertiary alicyclic amines) is 1. The maximum absolute atomic E-state index is 12.4. The third kappa shape index (κ3) is 4.53. The zero-order valence-corrected chi connectivity index (χ0v) is 15.1. The van der Waals surface area contributed by atoms with Crippen molar-refractivity contribution in [2.75, 3.05) is 23.1 Å². The number of nitro groups is 1. The second-order valence-corrected chi connectivity index (χ2v) is 7.74. The van der Waals surface area contributed by atoms with E-state index in [-0.39, 0.29) is 22.3 Å². The van der Waals surface area contributed by atoms with Crippen LogP contribution in [0.5, 0.6) is 0 Å². The van der Waals surface area contributed by atoms with Crippen LogP contribution in [0.3, 0.4) is 0 Å². The third-order valence-corrected chi connectivity index (χ3v) is 5.52. The van der Waals surface area contributed by atoms with Crippen LogP contribution in [0.2, 0.25) is 0 Å². The Morgan fingerprint density at radius 3 is 2.33 bits per heavy atom. The van der Waals surface area contributed by atoms with Crippen LogP contribution in [0.25, 0.3) is 0 Å². The number of hydrogen-bond acceptors (Lipinski definition) is 5. The molecule has 0 aromatic heterocycles. The summed E-state index contributed by atoms with van der Waals surface area (Å²) in [7, 11) is -3.91. The number of amides is 2. The van der Waals surface area contributed by atoms with Crippen molar-refractivity contribution in [2.24, 2.45) is 0 Å². The highest BCUT2D eigenvalue weighted by molar-refractivity contribution is 7.92. The Bertz CT molecular complexity index is 954. The van der Waals surface area contributed by atoms with E-state index in [1.807, 2.05) is 0 Å². The molecule has 0 spiro atoms. The lowest BCUT2D eigenvalue weighted by Crippen LogP contribution is -2.32. The maximum atomic E-state index is 12.4.